The lowest BCUT2D eigenvalue weighted by Crippen LogP contribution is -2.44. The molecule has 0 spiro atoms. The van der Waals surface area contributed by atoms with Crippen LogP contribution in [0.25, 0.3) is 10.9 Å². The third-order valence-electron chi connectivity index (χ3n) is 5.49. The van der Waals surface area contributed by atoms with Crippen molar-refractivity contribution >= 4 is 16.8 Å². The van der Waals surface area contributed by atoms with Crippen molar-refractivity contribution in [3.05, 3.63) is 29.5 Å². The lowest BCUT2D eigenvalue weighted by molar-refractivity contribution is -0.124. The van der Waals surface area contributed by atoms with Gasteiger partial charge in [0.25, 0.3) is 0 Å². The van der Waals surface area contributed by atoms with E-state index in [9.17, 15) is 4.79 Å². The van der Waals surface area contributed by atoms with Gasteiger partial charge in [-0.2, -0.15) is 5.10 Å². The second-order valence-electron chi connectivity index (χ2n) is 7.57. The minimum atomic E-state index is -0.446. The van der Waals surface area contributed by atoms with Crippen LogP contribution in [-0.4, -0.2) is 28.8 Å². The number of amides is 1. The van der Waals surface area contributed by atoms with Gasteiger partial charge < -0.3 is 10.6 Å². The zero-order valence-electron chi connectivity index (χ0n) is 14.2. The summed E-state index contributed by atoms with van der Waals surface area (Å²) in [6.07, 6.45) is 0. The molecule has 23 heavy (non-hydrogen) atoms. The van der Waals surface area contributed by atoms with Gasteiger partial charge in [-0.3, -0.25) is 9.48 Å². The van der Waals surface area contributed by atoms with Crippen molar-refractivity contribution in [1.29, 1.82) is 0 Å². The highest BCUT2D eigenvalue weighted by atomic mass is 16.2. The lowest BCUT2D eigenvalue weighted by atomic mass is 9.95. The number of rotatable bonds is 3. The van der Waals surface area contributed by atoms with Gasteiger partial charge in [0.1, 0.15) is 0 Å². The molecular formula is C18H24N4O. The first kappa shape index (κ1) is 14.7. The van der Waals surface area contributed by atoms with E-state index in [4.69, 9.17) is 0 Å². The highest BCUT2D eigenvalue weighted by Gasteiger charge is 2.57. The first-order valence-electron chi connectivity index (χ1n) is 8.35. The predicted molar refractivity (Wildman–Crippen MR) is 90.0 cm³/mol. The maximum absolute atomic E-state index is 12.7. The maximum atomic E-state index is 12.7. The van der Waals surface area contributed by atoms with Crippen LogP contribution in [0.5, 0.6) is 0 Å². The number of hydrogen-bond acceptors (Lipinski definition) is 3. The van der Waals surface area contributed by atoms with E-state index in [-0.39, 0.29) is 11.8 Å². The van der Waals surface area contributed by atoms with Crippen molar-refractivity contribution in [1.82, 2.24) is 20.4 Å². The van der Waals surface area contributed by atoms with Gasteiger partial charge in [-0.15, -0.1) is 0 Å². The number of nitrogens with one attached hydrogen (secondary N) is 2. The normalized spacial score (nSPS) is 26.3. The zero-order valence-corrected chi connectivity index (χ0v) is 14.2. The summed E-state index contributed by atoms with van der Waals surface area (Å²) in [7, 11) is 1.96. The molecule has 5 nitrogen and oxygen atoms in total. The number of hydrogen-bond donors (Lipinski definition) is 2. The second kappa shape index (κ2) is 4.81. The van der Waals surface area contributed by atoms with E-state index in [0.29, 0.717) is 11.8 Å². The van der Waals surface area contributed by atoms with Gasteiger partial charge in [0.05, 0.1) is 16.7 Å². The zero-order chi connectivity index (χ0) is 16.4. The van der Waals surface area contributed by atoms with E-state index in [2.05, 4.69) is 54.7 Å². The van der Waals surface area contributed by atoms with Gasteiger partial charge in [0.2, 0.25) is 5.91 Å². The maximum Gasteiger partial charge on any atom is 0.224 e. The second-order valence-corrected chi connectivity index (χ2v) is 7.57. The van der Waals surface area contributed by atoms with Gasteiger partial charge in [-0.05, 0) is 51.3 Å². The van der Waals surface area contributed by atoms with Crippen LogP contribution in [0.1, 0.15) is 25.1 Å². The van der Waals surface area contributed by atoms with Gasteiger partial charge in [-0.1, -0.05) is 18.2 Å². The van der Waals surface area contributed by atoms with E-state index in [1.165, 1.54) is 0 Å². The smallest absolute Gasteiger partial charge is 0.224 e. The highest BCUT2D eigenvalue weighted by Crippen LogP contribution is 2.49. The molecule has 1 saturated carbocycles. The van der Waals surface area contributed by atoms with Crippen molar-refractivity contribution < 1.29 is 4.79 Å². The largest absolute Gasteiger partial charge is 0.345 e. The molecule has 2 N–H and O–H groups in total. The minimum absolute atomic E-state index is 0.188. The summed E-state index contributed by atoms with van der Waals surface area (Å²) in [5.74, 6) is 1.46. The number of benzene rings is 1. The Labute approximate surface area is 136 Å². The van der Waals surface area contributed by atoms with E-state index < -0.39 is 5.54 Å². The van der Waals surface area contributed by atoms with E-state index in [0.717, 1.165) is 35.2 Å². The van der Waals surface area contributed by atoms with Crippen LogP contribution in [0.4, 0.5) is 0 Å². The van der Waals surface area contributed by atoms with Crippen molar-refractivity contribution in [3.8, 4) is 0 Å². The molecule has 0 radical (unpaired) electrons. The number of carbonyl (C=O) groups is 1. The van der Waals surface area contributed by atoms with E-state index in [1.54, 1.807) is 0 Å². The summed E-state index contributed by atoms with van der Waals surface area (Å²) < 4.78 is 1.91. The molecule has 2 heterocycles. The van der Waals surface area contributed by atoms with Gasteiger partial charge >= 0.3 is 0 Å². The molecule has 2 aliphatic rings. The van der Waals surface area contributed by atoms with Crippen LogP contribution < -0.4 is 10.6 Å². The SMILES string of the molecule is Cc1cccc2c(C(C)(C)NC(=O)C3C4CNCC43)n(C)nc12. The number of piperidine rings is 1. The summed E-state index contributed by atoms with van der Waals surface area (Å²) in [4.78, 5) is 12.7. The molecule has 2 fully saturated rings. The molecule has 2 aromatic rings. The predicted octanol–water partition coefficient (Wildman–Crippen LogP) is 1.70. The molecule has 1 aromatic heterocycles. The number of nitrogens with zero attached hydrogens (tertiary/aromatic N) is 2. The first-order chi connectivity index (χ1) is 10.9. The Morgan fingerprint density at radius 2 is 2.04 bits per heavy atom. The van der Waals surface area contributed by atoms with Crippen LogP contribution in [0.3, 0.4) is 0 Å². The van der Waals surface area contributed by atoms with Crippen LogP contribution in [-0.2, 0) is 17.4 Å². The third kappa shape index (κ3) is 2.17. The van der Waals surface area contributed by atoms with Gasteiger partial charge in [0.15, 0.2) is 0 Å². The first-order valence-corrected chi connectivity index (χ1v) is 8.35. The third-order valence-corrected chi connectivity index (χ3v) is 5.49. The van der Waals surface area contributed by atoms with Crippen molar-refractivity contribution in [2.75, 3.05) is 13.1 Å². The monoisotopic (exact) mass is 312 g/mol. The Morgan fingerprint density at radius 3 is 2.74 bits per heavy atom. The molecule has 4 rings (SSSR count). The van der Waals surface area contributed by atoms with Crippen LogP contribution in [0.15, 0.2) is 18.2 Å². The Balaban J connectivity index is 1.65. The number of fused-ring (bicyclic) bond motifs is 2. The standard InChI is InChI=1S/C18H24N4O/c1-10-6-5-7-11-15(10)21-22(4)16(11)18(2,3)20-17(23)14-12-8-19-9-13(12)14/h5-7,12-14,19H,8-9H2,1-4H3,(H,20,23). The van der Waals surface area contributed by atoms with Crippen LogP contribution >= 0.6 is 0 Å². The average Bonchev–Trinajstić information content (AvgIpc) is 2.81. The highest BCUT2D eigenvalue weighted by molar-refractivity contribution is 5.87. The van der Waals surface area contributed by atoms with Crippen LogP contribution in [0, 0.1) is 24.7 Å². The van der Waals surface area contributed by atoms with Gasteiger partial charge in [-0.25, -0.2) is 0 Å². The molecule has 1 aliphatic heterocycles. The van der Waals surface area contributed by atoms with Crippen molar-refractivity contribution in [2.45, 2.75) is 26.3 Å². The molecule has 1 saturated heterocycles. The van der Waals surface area contributed by atoms with Gasteiger partial charge in [0, 0.05) is 18.4 Å². The fraction of sp³-hybridized carbons (Fsp3) is 0.556. The molecule has 1 aromatic carbocycles. The Kier molecular flexibility index (Phi) is 3.07. The van der Waals surface area contributed by atoms with E-state index >= 15 is 0 Å². The topological polar surface area (TPSA) is 59.0 Å². The molecular weight excluding hydrogens is 288 g/mol. The van der Waals surface area contributed by atoms with Crippen LogP contribution in [0.2, 0.25) is 0 Å². The molecule has 1 aliphatic carbocycles. The Hall–Kier alpha value is -1.88. The molecule has 2 unspecified atom stereocenters. The Morgan fingerprint density at radius 1 is 1.35 bits per heavy atom. The number of aromatic nitrogens is 2. The molecule has 1 amide bonds. The summed E-state index contributed by atoms with van der Waals surface area (Å²) in [5.41, 5.74) is 2.79. The summed E-state index contributed by atoms with van der Waals surface area (Å²) in [6.45, 7) is 8.18. The molecule has 2 atom stereocenters. The van der Waals surface area contributed by atoms with Crippen molar-refractivity contribution in [2.24, 2.45) is 24.8 Å². The number of aryl methyl sites for hydroxylation is 2. The summed E-state index contributed by atoms with van der Waals surface area (Å²) in [5, 5.41) is 12.4. The minimum Gasteiger partial charge on any atom is -0.345 e. The van der Waals surface area contributed by atoms with Crippen molar-refractivity contribution in [3.63, 3.8) is 0 Å². The molecule has 122 valence electrons. The van der Waals surface area contributed by atoms with E-state index in [1.807, 2.05) is 11.7 Å². The fourth-order valence-corrected chi connectivity index (χ4v) is 4.36. The quantitative estimate of drug-likeness (QED) is 0.907. The summed E-state index contributed by atoms with van der Waals surface area (Å²) >= 11 is 0. The molecule has 0 bridgehead atoms. The fourth-order valence-electron chi connectivity index (χ4n) is 4.36. The lowest BCUT2D eigenvalue weighted by Gasteiger charge is -2.27. The summed E-state index contributed by atoms with van der Waals surface area (Å²) in [6, 6.07) is 6.22. The molecule has 5 heteroatoms. The average molecular weight is 312 g/mol. The Bertz CT molecular complexity index is 782. The number of carbonyl (C=O) groups excluding carboxylic acids is 1.